The zero-order valence-corrected chi connectivity index (χ0v) is 18.9. The average molecular weight is 458 g/mol. The van der Waals surface area contributed by atoms with Gasteiger partial charge in [-0.15, -0.1) is 0 Å². The minimum Gasteiger partial charge on any atom is -0.336 e. The lowest BCUT2D eigenvalue weighted by atomic mass is 10.1. The molecular formula is C21H24ClN7O3. The molecule has 168 valence electrons. The number of rotatable bonds is 7. The van der Waals surface area contributed by atoms with Crippen LogP contribution in [0, 0.1) is 11.3 Å². The summed E-state index contributed by atoms with van der Waals surface area (Å²) >= 11 is 5.99. The third-order valence-electron chi connectivity index (χ3n) is 4.82. The van der Waals surface area contributed by atoms with Crippen LogP contribution in [0.2, 0.25) is 0 Å². The van der Waals surface area contributed by atoms with E-state index >= 15 is 0 Å². The number of likely N-dealkylation sites (N-methyl/N-ethyl adjacent to an activating group) is 1. The van der Waals surface area contributed by atoms with Gasteiger partial charge in [0.2, 0.25) is 5.91 Å². The van der Waals surface area contributed by atoms with Gasteiger partial charge in [0.25, 0.3) is 0 Å². The van der Waals surface area contributed by atoms with Gasteiger partial charge in [0.15, 0.2) is 6.29 Å². The standard InChI is InChI=1S/C21H24ClN7O3/c1-14(10-23)16(22)9-18(24-2)26-21(32)28(4)19-6-5-15(17(13-30)25-19)11-29-8-7-27(3)12-20(29)31/h5-6,9,13H,2,7-8,11-12H2,1,3-4H3,(H,26,32)/b16-14-,18-9+. The Labute approximate surface area is 191 Å². The number of halogens is 1. The molecule has 2 rings (SSSR count). The van der Waals surface area contributed by atoms with E-state index in [1.165, 1.54) is 24.9 Å². The Morgan fingerprint density at radius 1 is 1.47 bits per heavy atom. The average Bonchev–Trinajstić information content (AvgIpc) is 2.79. The Morgan fingerprint density at radius 2 is 2.19 bits per heavy atom. The molecule has 32 heavy (non-hydrogen) atoms. The highest BCUT2D eigenvalue weighted by Gasteiger charge is 2.23. The zero-order chi connectivity index (χ0) is 23.8. The van der Waals surface area contributed by atoms with Crippen LogP contribution in [0.3, 0.4) is 0 Å². The van der Waals surface area contributed by atoms with Crippen LogP contribution < -0.4 is 10.2 Å². The molecule has 11 heteroatoms. The number of urea groups is 1. The largest absolute Gasteiger partial charge is 0.336 e. The van der Waals surface area contributed by atoms with E-state index in [-0.39, 0.29) is 40.4 Å². The van der Waals surface area contributed by atoms with Crippen LogP contribution in [-0.4, -0.2) is 73.5 Å². The third-order valence-corrected chi connectivity index (χ3v) is 5.22. The molecule has 0 aromatic carbocycles. The Hall–Kier alpha value is -3.55. The van der Waals surface area contributed by atoms with Crippen LogP contribution in [0.5, 0.6) is 0 Å². The molecule has 1 saturated heterocycles. The lowest BCUT2D eigenvalue weighted by Gasteiger charge is -2.32. The van der Waals surface area contributed by atoms with E-state index in [1.807, 2.05) is 18.0 Å². The first-order valence-electron chi connectivity index (χ1n) is 9.61. The van der Waals surface area contributed by atoms with Crippen molar-refractivity contribution in [2.75, 3.05) is 38.6 Å². The number of nitriles is 1. The molecule has 1 aromatic heterocycles. The van der Waals surface area contributed by atoms with Crippen molar-refractivity contribution in [3.8, 4) is 6.07 Å². The molecule has 0 atom stereocenters. The van der Waals surface area contributed by atoms with Crippen LogP contribution in [0.15, 0.2) is 39.6 Å². The van der Waals surface area contributed by atoms with Crippen molar-refractivity contribution >= 4 is 42.4 Å². The molecule has 1 aliphatic rings. The maximum absolute atomic E-state index is 12.6. The summed E-state index contributed by atoms with van der Waals surface area (Å²) in [4.78, 5) is 49.1. The van der Waals surface area contributed by atoms with Gasteiger partial charge in [0.1, 0.15) is 17.3 Å². The van der Waals surface area contributed by atoms with Crippen molar-refractivity contribution in [1.29, 1.82) is 5.26 Å². The van der Waals surface area contributed by atoms with Gasteiger partial charge in [-0.05, 0) is 26.8 Å². The van der Waals surface area contributed by atoms with Crippen molar-refractivity contribution in [3.05, 3.63) is 45.9 Å². The van der Waals surface area contributed by atoms with Crippen molar-refractivity contribution in [2.45, 2.75) is 13.5 Å². The number of nitrogens with zero attached hydrogens (tertiary/aromatic N) is 6. The van der Waals surface area contributed by atoms with Crippen molar-refractivity contribution < 1.29 is 14.4 Å². The van der Waals surface area contributed by atoms with Crippen LogP contribution in [-0.2, 0) is 11.3 Å². The molecule has 0 bridgehead atoms. The smallest absolute Gasteiger partial charge is 0.328 e. The number of amides is 3. The molecule has 2 heterocycles. The number of anilines is 1. The SMILES string of the molecule is C=N/C(=C\C(Cl)=C(/C)C#N)NC(=O)N(C)c1ccc(CN2CCN(C)CC2=O)c(C=O)n1. The Kier molecular flexibility index (Phi) is 8.63. The van der Waals surface area contributed by atoms with E-state index in [0.717, 1.165) is 6.54 Å². The fourth-order valence-corrected chi connectivity index (χ4v) is 2.96. The highest BCUT2D eigenvalue weighted by Crippen LogP contribution is 2.17. The number of nitrogens with one attached hydrogen (secondary N) is 1. The maximum atomic E-state index is 12.6. The minimum atomic E-state index is -0.603. The van der Waals surface area contributed by atoms with Crippen LogP contribution >= 0.6 is 11.6 Å². The summed E-state index contributed by atoms with van der Waals surface area (Å²) in [7, 11) is 3.34. The van der Waals surface area contributed by atoms with E-state index in [1.54, 1.807) is 17.0 Å². The highest BCUT2D eigenvalue weighted by molar-refractivity contribution is 6.31. The molecule has 0 aliphatic carbocycles. The maximum Gasteiger partial charge on any atom is 0.328 e. The van der Waals surface area contributed by atoms with E-state index in [9.17, 15) is 14.4 Å². The summed E-state index contributed by atoms with van der Waals surface area (Å²) in [6.45, 7) is 6.80. The molecule has 0 spiro atoms. The molecule has 1 aliphatic heterocycles. The van der Waals surface area contributed by atoms with Crippen LogP contribution in [0.1, 0.15) is 23.0 Å². The highest BCUT2D eigenvalue weighted by atomic mass is 35.5. The normalized spacial score (nSPS) is 15.5. The second kappa shape index (κ2) is 11.2. The van der Waals surface area contributed by atoms with Crippen molar-refractivity contribution in [2.24, 2.45) is 4.99 Å². The van der Waals surface area contributed by atoms with Gasteiger partial charge in [-0.3, -0.25) is 24.7 Å². The van der Waals surface area contributed by atoms with Gasteiger partial charge in [0, 0.05) is 43.9 Å². The number of pyridine rings is 1. The predicted molar refractivity (Wildman–Crippen MR) is 121 cm³/mol. The van der Waals surface area contributed by atoms with Crippen LogP contribution in [0.25, 0.3) is 0 Å². The number of hydrogen-bond donors (Lipinski definition) is 1. The minimum absolute atomic E-state index is 0.0215. The number of carbonyl (C=O) groups excluding carboxylic acids is 3. The summed E-state index contributed by atoms with van der Waals surface area (Å²) in [5.74, 6) is 0.241. The second-order valence-electron chi connectivity index (χ2n) is 7.15. The summed E-state index contributed by atoms with van der Waals surface area (Å²) in [5, 5.41) is 11.5. The van der Waals surface area contributed by atoms with Crippen molar-refractivity contribution in [3.63, 3.8) is 0 Å². The second-order valence-corrected chi connectivity index (χ2v) is 7.55. The summed E-state index contributed by atoms with van der Waals surface area (Å²) in [6, 6.07) is 4.54. The van der Waals surface area contributed by atoms with E-state index in [4.69, 9.17) is 16.9 Å². The molecule has 0 saturated carbocycles. The lowest BCUT2D eigenvalue weighted by molar-refractivity contribution is -0.136. The summed E-state index contributed by atoms with van der Waals surface area (Å²) in [5.41, 5.74) is 0.983. The van der Waals surface area contributed by atoms with Gasteiger partial charge < -0.3 is 4.90 Å². The molecule has 1 N–H and O–H groups in total. The molecule has 3 amide bonds. The number of aliphatic imine (C=N–C) groups is 1. The number of aldehydes is 1. The van der Waals surface area contributed by atoms with Gasteiger partial charge in [0.05, 0.1) is 17.6 Å². The first kappa shape index (κ1) is 24.7. The van der Waals surface area contributed by atoms with Crippen LogP contribution in [0.4, 0.5) is 10.6 Å². The quantitative estimate of drug-likeness (QED) is 0.289. The molecule has 1 fully saturated rings. The van der Waals surface area contributed by atoms with E-state index < -0.39 is 6.03 Å². The van der Waals surface area contributed by atoms with Gasteiger partial charge >= 0.3 is 6.03 Å². The monoisotopic (exact) mass is 457 g/mol. The molecule has 0 unspecified atom stereocenters. The predicted octanol–water partition coefficient (Wildman–Crippen LogP) is 1.89. The number of allylic oxidation sites excluding steroid dienone is 3. The fourth-order valence-electron chi connectivity index (χ4n) is 2.81. The molecular weight excluding hydrogens is 434 g/mol. The Morgan fingerprint density at radius 3 is 2.78 bits per heavy atom. The number of piperazine rings is 1. The van der Waals surface area contributed by atoms with E-state index in [2.05, 4.69) is 22.0 Å². The molecule has 10 nitrogen and oxygen atoms in total. The molecule has 0 radical (unpaired) electrons. The first-order chi connectivity index (χ1) is 15.2. The number of aromatic nitrogens is 1. The Bertz CT molecular complexity index is 1030. The summed E-state index contributed by atoms with van der Waals surface area (Å²) in [6.07, 6.45) is 1.90. The van der Waals surface area contributed by atoms with Crippen molar-refractivity contribution in [1.82, 2.24) is 20.1 Å². The van der Waals surface area contributed by atoms with Gasteiger partial charge in [-0.1, -0.05) is 17.7 Å². The first-order valence-corrected chi connectivity index (χ1v) is 9.99. The third kappa shape index (κ3) is 6.23. The van der Waals surface area contributed by atoms with E-state index in [0.29, 0.717) is 24.9 Å². The number of hydrogen-bond acceptors (Lipinski definition) is 7. The Balaban J connectivity index is 2.17. The summed E-state index contributed by atoms with van der Waals surface area (Å²) < 4.78 is 0. The fraction of sp³-hybridized carbons (Fsp3) is 0.333. The number of carbonyl (C=O) groups is 3. The molecule has 1 aromatic rings. The zero-order valence-electron chi connectivity index (χ0n) is 18.1. The van der Waals surface area contributed by atoms with Gasteiger partial charge in [-0.25, -0.2) is 14.8 Å². The lowest BCUT2D eigenvalue weighted by Crippen LogP contribution is -2.48. The topological polar surface area (TPSA) is 122 Å². The van der Waals surface area contributed by atoms with Gasteiger partial charge in [-0.2, -0.15) is 5.26 Å².